The van der Waals surface area contributed by atoms with Gasteiger partial charge in [0.15, 0.2) is 0 Å². The molecule has 1 heterocycles. The van der Waals surface area contributed by atoms with Crippen LogP contribution >= 0.6 is 27.3 Å². The summed E-state index contributed by atoms with van der Waals surface area (Å²) in [6.07, 6.45) is 3.22. The molecule has 2 rings (SSSR count). The fourth-order valence-corrected chi connectivity index (χ4v) is 3.75. The molecule has 0 saturated carbocycles. The maximum absolute atomic E-state index is 5.82. The van der Waals surface area contributed by atoms with Crippen LogP contribution in [0.4, 0.5) is 0 Å². The predicted octanol–water partition coefficient (Wildman–Crippen LogP) is 4.89. The maximum Gasteiger partial charge on any atom is 0.119 e. The van der Waals surface area contributed by atoms with Crippen molar-refractivity contribution in [2.45, 2.75) is 32.2 Å². The maximum atomic E-state index is 5.82. The zero-order valence-electron chi connectivity index (χ0n) is 12.3. The highest BCUT2D eigenvalue weighted by molar-refractivity contribution is 9.10. The SMILES string of the molecule is CCCNC(CCOc1ccccc1)Cc1sccc1Br. The molecule has 1 aromatic heterocycles. The third-order valence-corrected chi connectivity index (χ3v) is 5.23. The summed E-state index contributed by atoms with van der Waals surface area (Å²) >= 11 is 5.43. The second-order valence-corrected chi connectivity index (χ2v) is 6.85. The van der Waals surface area contributed by atoms with Crippen molar-refractivity contribution in [3.8, 4) is 5.75 Å². The molecule has 1 N–H and O–H groups in total. The van der Waals surface area contributed by atoms with E-state index in [0.29, 0.717) is 6.04 Å². The minimum atomic E-state index is 0.462. The second-order valence-electron chi connectivity index (χ2n) is 5.00. The smallest absolute Gasteiger partial charge is 0.119 e. The normalized spacial score (nSPS) is 12.3. The highest BCUT2D eigenvalue weighted by atomic mass is 79.9. The van der Waals surface area contributed by atoms with Gasteiger partial charge in [0.05, 0.1) is 6.61 Å². The van der Waals surface area contributed by atoms with E-state index in [1.807, 2.05) is 41.7 Å². The Kier molecular flexibility index (Phi) is 7.27. The van der Waals surface area contributed by atoms with Crippen molar-refractivity contribution >= 4 is 27.3 Å². The Morgan fingerprint density at radius 3 is 2.71 bits per heavy atom. The molecular weight excluding hydrogens is 346 g/mol. The predicted molar refractivity (Wildman–Crippen MR) is 94.4 cm³/mol. The Labute approximate surface area is 139 Å². The molecule has 2 nitrogen and oxygen atoms in total. The van der Waals surface area contributed by atoms with Crippen molar-refractivity contribution in [3.63, 3.8) is 0 Å². The van der Waals surface area contributed by atoms with Crippen molar-refractivity contribution in [2.75, 3.05) is 13.2 Å². The largest absolute Gasteiger partial charge is 0.494 e. The Hall–Kier alpha value is -0.840. The number of halogens is 1. The molecular formula is C17H22BrNOS. The first-order valence-electron chi connectivity index (χ1n) is 7.42. The number of thiophene rings is 1. The van der Waals surface area contributed by atoms with Crippen LogP contribution in [0, 0.1) is 0 Å². The van der Waals surface area contributed by atoms with Gasteiger partial charge in [0.1, 0.15) is 5.75 Å². The number of hydrogen-bond acceptors (Lipinski definition) is 3. The van der Waals surface area contributed by atoms with Crippen LogP contribution in [-0.2, 0) is 6.42 Å². The van der Waals surface area contributed by atoms with Gasteiger partial charge < -0.3 is 10.1 Å². The van der Waals surface area contributed by atoms with Crippen LogP contribution in [0.2, 0.25) is 0 Å². The van der Waals surface area contributed by atoms with Gasteiger partial charge in [-0.25, -0.2) is 0 Å². The van der Waals surface area contributed by atoms with Gasteiger partial charge in [-0.05, 0) is 65.3 Å². The molecule has 0 aliphatic rings. The van der Waals surface area contributed by atoms with E-state index >= 15 is 0 Å². The molecule has 0 saturated heterocycles. The second kappa shape index (κ2) is 9.23. The molecule has 0 spiro atoms. The van der Waals surface area contributed by atoms with Gasteiger partial charge in [0.2, 0.25) is 0 Å². The van der Waals surface area contributed by atoms with E-state index in [1.165, 1.54) is 9.35 Å². The molecule has 4 heteroatoms. The highest BCUT2D eigenvalue weighted by Crippen LogP contribution is 2.24. The van der Waals surface area contributed by atoms with Crippen LogP contribution in [0.5, 0.6) is 5.75 Å². The van der Waals surface area contributed by atoms with E-state index in [4.69, 9.17) is 4.74 Å². The van der Waals surface area contributed by atoms with Gasteiger partial charge in [0, 0.05) is 15.4 Å². The van der Waals surface area contributed by atoms with Crippen molar-refractivity contribution < 1.29 is 4.74 Å². The average molecular weight is 368 g/mol. The van der Waals surface area contributed by atoms with Crippen LogP contribution in [0.15, 0.2) is 46.3 Å². The lowest BCUT2D eigenvalue weighted by molar-refractivity contribution is 0.285. The number of para-hydroxylation sites is 1. The molecule has 0 radical (unpaired) electrons. The minimum Gasteiger partial charge on any atom is -0.494 e. The minimum absolute atomic E-state index is 0.462. The number of hydrogen-bond donors (Lipinski definition) is 1. The summed E-state index contributed by atoms with van der Waals surface area (Å²) in [5.41, 5.74) is 0. The van der Waals surface area contributed by atoms with Gasteiger partial charge >= 0.3 is 0 Å². The van der Waals surface area contributed by atoms with Crippen molar-refractivity contribution in [3.05, 3.63) is 51.1 Å². The first-order valence-corrected chi connectivity index (χ1v) is 9.10. The van der Waals surface area contributed by atoms with Gasteiger partial charge in [0.25, 0.3) is 0 Å². The van der Waals surface area contributed by atoms with Crippen LogP contribution in [-0.4, -0.2) is 19.2 Å². The number of benzene rings is 1. The van der Waals surface area contributed by atoms with Crippen LogP contribution in [0.25, 0.3) is 0 Å². The Morgan fingerprint density at radius 2 is 2.05 bits per heavy atom. The van der Waals surface area contributed by atoms with Crippen molar-refractivity contribution in [1.82, 2.24) is 5.32 Å². The van der Waals surface area contributed by atoms with Gasteiger partial charge in [-0.1, -0.05) is 25.1 Å². The lowest BCUT2D eigenvalue weighted by atomic mass is 10.1. The molecule has 1 unspecified atom stereocenters. The van der Waals surface area contributed by atoms with E-state index in [1.54, 1.807) is 0 Å². The molecule has 0 aliphatic heterocycles. The molecule has 0 bridgehead atoms. The van der Waals surface area contributed by atoms with Crippen LogP contribution in [0.3, 0.4) is 0 Å². The topological polar surface area (TPSA) is 21.3 Å². The van der Waals surface area contributed by atoms with E-state index in [0.717, 1.165) is 38.2 Å². The van der Waals surface area contributed by atoms with Crippen molar-refractivity contribution in [1.29, 1.82) is 0 Å². The van der Waals surface area contributed by atoms with E-state index < -0.39 is 0 Å². The quantitative estimate of drug-likeness (QED) is 0.680. The molecule has 2 aromatic rings. The van der Waals surface area contributed by atoms with Crippen LogP contribution < -0.4 is 10.1 Å². The summed E-state index contributed by atoms with van der Waals surface area (Å²) in [5.74, 6) is 0.948. The average Bonchev–Trinajstić information content (AvgIpc) is 2.91. The molecule has 0 amide bonds. The lowest BCUT2D eigenvalue weighted by Crippen LogP contribution is -2.33. The highest BCUT2D eigenvalue weighted by Gasteiger charge is 2.12. The van der Waals surface area contributed by atoms with E-state index in [9.17, 15) is 0 Å². The first-order chi connectivity index (χ1) is 10.3. The number of rotatable bonds is 9. The fourth-order valence-electron chi connectivity index (χ4n) is 2.16. The van der Waals surface area contributed by atoms with Crippen LogP contribution in [0.1, 0.15) is 24.6 Å². The molecule has 114 valence electrons. The standard InChI is InChI=1S/C17H22BrNOS/c1-2-10-19-14(13-17-16(18)9-12-21-17)8-11-20-15-6-4-3-5-7-15/h3-7,9,12,14,19H,2,8,10-11,13H2,1H3. The fraction of sp³-hybridized carbons (Fsp3) is 0.412. The Bertz CT molecular complexity index is 515. The first kappa shape index (κ1) is 16.5. The lowest BCUT2D eigenvalue weighted by Gasteiger charge is -2.18. The van der Waals surface area contributed by atoms with Gasteiger partial charge in [-0.2, -0.15) is 0 Å². The third-order valence-electron chi connectivity index (χ3n) is 3.28. The van der Waals surface area contributed by atoms with Gasteiger partial charge in [-0.3, -0.25) is 0 Å². The summed E-state index contributed by atoms with van der Waals surface area (Å²) in [6, 6.07) is 12.6. The number of ether oxygens (including phenoxy) is 1. The molecule has 1 aromatic carbocycles. The zero-order chi connectivity index (χ0) is 14.9. The number of nitrogens with one attached hydrogen (secondary N) is 1. The summed E-state index contributed by atoms with van der Waals surface area (Å²) in [7, 11) is 0. The molecule has 0 aliphatic carbocycles. The summed E-state index contributed by atoms with van der Waals surface area (Å²) in [5, 5.41) is 5.76. The summed E-state index contributed by atoms with van der Waals surface area (Å²) < 4.78 is 7.04. The summed E-state index contributed by atoms with van der Waals surface area (Å²) in [4.78, 5) is 1.41. The molecule has 0 fully saturated rings. The third kappa shape index (κ3) is 5.81. The van der Waals surface area contributed by atoms with E-state index in [2.05, 4.69) is 39.6 Å². The van der Waals surface area contributed by atoms with Gasteiger partial charge in [-0.15, -0.1) is 11.3 Å². The Balaban J connectivity index is 1.83. The van der Waals surface area contributed by atoms with Crippen molar-refractivity contribution in [2.24, 2.45) is 0 Å². The monoisotopic (exact) mass is 367 g/mol. The van der Waals surface area contributed by atoms with E-state index in [-0.39, 0.29) is 0 Å². The molecule has 1 atom stereocenters. The zero-order valence-corrected chi connectivity index (χ0v) is 14.8. The summed E-state index contributed by atoms with van der Waals surface area (Å²) in [6.45, 7) is 4.00. The molecule has 21 heavy (non-hydrogen) atoms. The Morgan fingerprint density at radius 1 is 1.24 bits per heavy atom.